The molecule has 0 amide bonds. The van der Waals surface area contributed by atoms with Crippen molar-refractivity contribution < 1.29 is 28.2 Å². The van der Waals surface area contributed by atoms with Crippen molar-refractivity contribution in [3.63, 3.8) is 0 Å². The van der Waals surface area contributed by atoms with Gasteiger partial charge in [0.15, 0.2) is 0 Å². The summed E-state index contributed by atoms with van der Waals surface area (Å²) in [5, 5.41) is 17.6. The van der Waals surface area contributed by atoms with Crippen LogP contribution in [0, 0.1) is 0 Å². The molecule has 0 aromatic heterocycles. The second-order valence-electron chi connectivity index (χ2n) is 3.66. The van der Waals surface area contributed by atoms with Crippen molar-refractivity contribution in [2.24, 2.45) is 0 Å². The van der Waals surface area contributed by atoms with E-state index in [1.807, 2.05) is 0 Å². The van der Waals surface area contributed by atoms with E-state index in [9.17, 15) is 0 Å². The molecule has 1 atom stereocenters. The third kappa shape index (κ3) is 7.09. The minimum Gasteiger partial charge on any atom is -0.394 e. The van der Waals surface area contributed by atoms with Crippen LogP contribution in [0.1, 0.15) is 12.8 Å². The lowest BCUT2D eigenvalue weighted by Gasteiger charge is -2.24. The minimum absolute atomic E-state index is 0.165. The zero-order chi connectivity index (χ0) is 13.1. The molecule has 0 aliphatic heterocycles. The molecule has 104 valence electrons. The predicted octanol–water partition coefficient (Wildman–Crippen LogP) is 0.0145. The van der Waals surface area contributed by atoms with Crippen molar-refractivity contribution in [3.05, 3.63) is 0 Å². The maximum atomic E-state index is 9.03. The summed E-state index contributed by atoms with van der Waals surface area (Å²) in [6.07, 6.45) is 0.917. The van der Waals surface area contributed by atoms with Crippen LogP contribution >= 0.6 is 0 Å². The third-order valence-corrected chi connectivity index (χ3v) is 5.31. The average Bonchev–Trinajstić information content (AvgIpc) is 2.38. The lowest BCUT2D eigenvalue weighted by Crippen LogP contribution is -2.42. The lowest BCUT2D eigenvalue weighted by atomic mass is 10.3. The van der Waals surface area contributed by atoms with Crippen molar-refractivity contribution >= 4 is 8.80 Å². The molecule has 1 unspecified atom stereocenters. The quantitative estimate of drug-likeness (QED) is 0.406. The van der Waals surface area contributed by atoms with Gasteiger partial charge in [0, 0.05) is 34.0 Å². The lowest BCUT2D eigenvalue weighted by molar-refractivity contribution is 0.00530. The van der Waals surface area contributed by atoms with E-state index in [4.69, 9.17) is 28.2 Å². The molecule has 0 saturated heterocycles. The molecular formula is C10H24O6Si. The first-order chi connectivity index (χ1) is 8.14. The average molecular weight is 268 g/mol. The molecule has 0 aliphatic carbocycles. The van der Waals surface area contributed by atoms with Gasteiger partial charge >= 0.3 is 8.80 Å². The van der Waals surface area contributed by atoms with E-state index in [-0.39, 0.29) is 13.2 Å². The normalized spacial score (nSPS) is 13.9. The summed E-state index contributed by atoms with van der Waals surface area (Å²) in [6, 6.07) is 0.739. The summed E-state index contributed by atoms with van der Waals surface area (Å²) < 4.78 is 21.0. The number of aliphatic hydroxyl groups excluding tert-OH is 2. The summed E-state index contributed by atoms with van der Waals surface area (Å²) in [4.78, 5) is 0. The van der Waals surface area contributed by atoms with Gasteiger partial charge in [-0.1, -0.05) is 0 Å². The van der Waals surface area contributed by atoms with Gasteiger partial charge in [-0.15, -0.1) is 0 Å². The number of unbranched alkanes of at least 4 members (excludes halogenated alkanes) is 1. The number of hydrogen-bond acceptors (Lipinski definition) is 6. The molecule has 0 fully saturated rings. The molecule has 0 spiro atoms. The molecule has 0 aliphatic rings. The third-order valence-electron chi connectivity index (χ3n) is 2.48. The Morgan fingerprint density at radius 1 is 1.06 bits per heavy atom. The molecular weight excluding hydrogens is 244 g/mol. The topological polar surface area (TPSA) is 77.4 Å². The van der Waals surface area contributed by atoms with E-state index in [0.717, 1.165) is 18.9 Å². The molecule has 2 N–H and O–H groups in total. The molecule has 0 aromatic carbocycles. The highest BCUT2D eigenvalue weighted by Crippen LogP contribution is 2.16. The Labute approximate surface area is 104 Å². The van der Waals surface area contributed by atoms with Gasteiger partial charge in [-0.25, -0.2) is 0 Å². The number of ether oxygens (including phenoxy) is 1. The van der Waals surface area contributed by atoms with Crippen LogP contribution in [0.4, 0.5) is 0 Å². The fourth-order valence-electron chi connectivity index (χ4n) is 1.37. The van der Waals surface area contributed by atoms with Crippen LogP contribution < -0.4 is 0 Å². The Balaban J connectivity index is 3.56. The van der Waals surface area contributed by atoms with E-state index in [1.165, 1.54) is 0 Å². The summed E-state index contributed by atoms with van der Waals surface area (Å²) in [5.74, 6) is 0. The van der Waals surface area contributed by atoms with Crippen molar-refractivity contribution in [2.75, 3.05) is 41.2 Å². The van der Waals surface area contributed by atoms with Crippen LogP contribution in [0.15, 0.2) is 0 Å². The van der Waals surface area contributed by atoms with E-state index in [2.05, 4.69) is 0 Å². The number of rotatable bonds is 11. The fraction of sp³-hybridized carbons (Fsp3) is 1.00. The summed E-state index contributed by atoms with van der Waals surface area (Å²) in [6.45, 7) is 0.434. The van der Waals surface area contributed by atoms with Gasteiger partial charge in [0.1, 0.15) is 6.10 Å². The first kappa shape index (κ1) is 17.0. The predicted molar refractivity (Wildman–Crippen MR) is 64.7 cm³/mol. The Bertz CT molecular complexity index is 168. The monoisotopic (exact) mass is 268 g/mol. The first-order valence-electron chi connectivity index (χ1n) is 5.66. The van der Waals surface area contributed by atoms with Gasteiger partial charge in [-0.2, -0.15) is 0 Å². The Kier molecular flexibility index (Phi) is 9.94. The SMILES string of the molecule is CO[Si](CCCCOCC(O)CO)(OC)OC. The Morgan fingerprint density at radius 2 is 1.65 bits per heavy atom. The van der Waals surface area contributed by atoms with Crippen molar-refractivity contribution in [2.45, 2.75) is 25.0 Å². The van der Waals surface area contributed by atoms with Crippen LogP contribution in [0.25, 0.3) is 0 Å². The molecule has 6 nitrogen and oxygen atoms in total. The van der Waals surface area contributed by atoms with E-state index >= 15 is 0 Å². The van der Waals surface area contributed by atoms with Gasteiger partial charge < -0.3 is 28.2 Å². The molecule has 0 rings (SSSR count). The van der Waals surface area contributed by atoms with Crippen molar-refractivity contribution in [1.29, 1.82) is 0 Å². The van der Waals surface area contributed by atoms with E-state index < -0.39 is 14.9 Å². The van der Waals surface area contributed by atoms with Crippen LogP contribution in [0.3, 0.4) is 0 Å². The molecule has 7 heteroatoms. The van der Waals surface area contributed by atoms with Gasteiger partial charge in [0.05, 0.1) is 13.2 Å². The molecule has 0 aromatic rings. The van der Waals surface area contributed by atoms with Gasteiger partial charge in [0.2, 0.25) is 0 Å². The molecule has 0 radical (unpaired) electrons. The maximum absolute atomic E-state index is 9.03. The minimum atomic E-state index is -2.45. The zero-order valence-corrected chi connectivity index (χ0v) is 11.8. The highest BCUT2D eigenvalue weighted by molar-refractivity contribution is 6.60. The Morgan fingerprint density at radius 3 is 2.12 bits per heavy atom. The van der Waals surface area contributed by atoms with Gasteiger partial charge in [0.25, 0.3) is 0 Å². The van der Waals surface area contributed by atoms with Crippen molar-refractivity contribution in [3.8, 4) is 0 Å². The second kappa shape index (κ2) is 9.95. The van der Waals surface area contributed by atoms with E-state index in [0.29, 0.717) is 6.61 Å². The van der Waals surface area contributed by atoms with Gasteiger partial charge in [-0.05, 0) is 12.8 Å². The summed E-state index contributed by atoms with van der Waals surface area (Å²) in [7, 11) is 2.32. The highest BCUT2D eigenvalue weighted by Gasteiger charge is 2.36. The standard InChI is InChI=1S/C10H24O6Si/c1-13-17(14-2,15-3)7-5-4-6-16-9-10(12)8-11/h10-12H,4-9H2,1-3H3. The van der Waals surface area contributed by atoms with Crippen LogP contribution in [-0.4, -0.2) is 66.3 Å². The molecule has 0 bridgehead atoms. The molecule has 0 heterocycles. The highest BCUT2D eigenvalue weighted by atomic mass is 28.4. The van der Waals surface area contributed by atoms with Gasteiger partial charge in [-0.3, -0.25) is 0 Å². The smallest absolute Gasteiger partial charge is 0.394 e. The van der Waals surface area contributed by atoms with E-state index in [1.54, 1.807) is 21.3 Å². The zero-order valence-electron chi connectivity index (χ0n) is 10.8. The second-order valence-corrected chi connectivity index (χ2v) is 6.75. The fourth-order valence-corrected chi connectivity index (χ4v) is 3.17. The first-order valence-corrected chi connectivity index (χ1v) is 7.59. The van der Waals surface area contributed by atoms with Crippen molar-refractivity contribution in [1.82, 2.24) is 0 Å². The number of hydrogen-bond donors (Lipinski definition) is 2. The summed E-state index contributed by atoms with van der Waals surface area (Å²) >= 11 is 0. The summed E-state index contributed by atoms with van der Waals surface area (Å²) in [5.41, 5.74) is 0. The molecule has 0 saturated carbocycles. The Hall–Kier alpha value is -0.0231. The van der Waals surface area contributed by atoms with Crippen LogP contribution in [-0.2, 0) is 18.0 Å². The number of aliphatic hydroxyl groups is 2. The maximum Gasteiger partial charge on any atom is 0.500 e. The van der Waals surface area contributed by atoms with Crippen LogP contribution in [0.5, 0.6) is 0 Å². The molecule has 17 heavy (non-hydrogen) atoms. The largest absolute Gasteiger partial charge is 0.500 e. The van der Waals surface area contributed by atoms with Crippen LogP contribution in [0.2, 0.25) is 6.04 Å².